The van der Waals surface area contributed by atoms with E-state index in [1.165, 1.54) is 0 Å². The van der Waals surface area contributed by atoms with Gasteiger partial charge in [0.2, 0.25) is 0 Å². The fraction of sp³-hybridized carbons (Fsp3) is 0.524. The van der Waals surface area contributed by atoms with Gasteiger partial charge >= 0.3 is 6.03 Å². The van der Waals surface area contributed by atoms with Gasteiger partial charge in [0.05, 0.1) is 11.4 Å². The fourth-order valence-electron chi connectivity index (χ4n) is 3.46. The van der Waals surface area contributed by atoms with Gasteiger partial charge in [0.25, 0.3) is 5.91 Å². The van der Waals surface area contributed by atoms with Crippen LogP contribution in [0.4, 0.5) is 4.79 Å². The topological polar surface area (TPSA) is 92.2 Å². The third-order valence-corrected chi connectivity index (χ3v) is 5.27. The van der Waals surface area contributed by atoms with E-state index in [0.717, 1.165) is 29.7 Å². The van der Waals surface area contributed by atoms with Gasteiger partial charge in [0.1, 0.15) is 0 Å². The highest BCUT2D eigenvalue weighted by molar-refractivity contribution is 5.93. The molecule has 2 N–H and O–H groups in total. The average Bonchev–Trinajstić information content (AvgIpc) is 3.07. The summed E-state index contributed by atoms with van der Waals surface area (Å²) in [5, 5.41) is 14.3. The van der Waals surface area contributed by atoms with Crippen molar-refractivity contribution in [1.82, 2.24) is 30.5 Å². The molecule has 0 radical (unpaired) electrons. The maximum Gasteiger partial charge on any atom is 0.317 e. The molecular formula is C21H30N6O2. The Kier molecular flexibility index (Phi) is 6.20. The van der Waals surface area contributed by atoms with Crippen LogP contribution >= 0.6 is 0 Å². The molecule has 0 bridgehead atoms. The van der Waals surface area contributed by atoms with Gasteiger partial charge in [-0.05, 0) is 57.7 Å². The van der Waals surface area contributed by atoms with Crippen molar-refractivity contribution in [1.29, 1.82) is 0 Å². The quantitative estimate of drug-likeness (QED) is 0.810. The Morgan fingerprint density at radius 3 is 2.66 bits per heavy atom. The third kappa shape index (κ3) is 4.41. The summed E-state index contributed by atoms with van der Waals surface area (Å²) in [4.78, 5) is 26.7. The first-order chi connectivity index (χ1) is 13.8. The first-order valence-corrected chi connectivity index (χ1v) is 10.2. The average molecular weight is 399 g/mol. The predicted molar refractivity (Wildman–Crippen MR) is 111 cm³/mol. The summed E-state index contributed by atoms with van der Waals surface area (Å²) in [7, 11) is 0. The number of fused-ring (bicyclic) bond motifs is 1. The molecule has 1 aliphatic rings. The number of nitrogens with zero attached hydrogens (tertiary/aromatic N) is 4. The molecule has 0 spiro atoms. The van der Waals surface area contributed by atoms with E-state index in [0.29, 0.717) is 24.5 Å². The van der Waals surface area contributed by atoms with Gasteiger partial charge in [-0.3, -0.25) is 4.79 Å². The molecule has 1 aliphatic heterocycles. The molecule has 1 aromatic heterocycles. The third-order valence-electron chi connectivity index (χ3n) is 5.27. The Hall–Kier alpha value is -2.90. The van der Waals surface area contributed by atoms with E-state index in [4.69, 9.17) is 0 Å². The molecule has 0 saturated carbocycles. The van der Waals surface area contributed by atoms with Crippen LogP contribution in [0.2, 0.25) is 0 Å². The van der Waals surface area contributed by atoms with Gasteiger partial charge in [0, 0.05) is 25.2 Å². The minimum atomic E-state index is -0.204. The molecular weight excluding hydrogens is 368 g/mol. The Balaban J connectivity index is 1.86. The minimum Gasteiger partial charge on any atom is -0.348 e. The molecule has 0 saturated heterocycles. The Labute approximate surface area is 171 Å². The molecule has 0 fully saturated rings. The molecule has 3 amide bonds. The maximum atomic E-state index is 12.5. The highest BCUT2D eigenvalue weighted by Crippen LogP contribution is 2.26. The molecule has 8 heteroatoms. The zero-order valence-electron chi connectivity index (χ0n) is 17.8. The molecule has 8 nitrogen and oxygen atoms in total. The summed E-state index contributed by atoms with van der Waals surface area (Å²) in [6, 6.07) is 6.12. The van der Waals surface area contributed by atoms with E-state index in [1.807, 2.05) is 57.7 Å². The van der Waals surface area contributed by atoms with Crippen LogP contribution in [0.15, 0.2) is 18.2 Å². The van der Waals surface area contributed by atoms with Crippen LogP contribution in [0.5, 0.6) is 0 Å². The number of rotatable bonds is 5. The SMILES string of the molecule is CC[C@@H](C)NC(=O)c1nnn(-c2cccc3c2CCN(C(=O)NC(C)C)C3)c1C. The molecule has 2 aromatic rings. The summed E-state index contributed by atoms with van der Waals surface area (Å²) < 4.78 is 1.73. The van der Waals surface area contributed by atoms with Gasteiger partial charge in [-0.25, -0.2) is 9.48 Å². The minimum absolute atomic E-state index is 0.0445. The van der Waals surface area contributed by atoms with Crippen molar-refractivity contribution >= 4 is 11.9 Å². The Morgan fingerprint density at radius 1 is 1.21 bits per heavy atom. The van der Waals surface area contributed by atoms with Crippen LogP contribution in [0.1, 0.15) is 61.4 Å². The number of hydrogen-bond donors (Lipinski definition) is 2. The van der Waals surface area contributed by atoms with Gasteiger partial charge in [-0.2, -0.15) is 0 Å². The number of amides is 3. The van der Waals surface area contributed by atoms with Crippen molar-refractivity contribution < 1.29 is 9.59 Å². The van der Waals surface area contributed by atoms with Crippen molar-refractivity contribution in [3.05, 3.63) is 40.7 Å². The first kappa shape index (κ1) is 20.8. The summed E-state index contributed by atoms with van der Waals surface area (Å²) in [5.41, 5.74) is 4.20. The standard InChI is InChI=1S/C21H30N6O2/c1-6-14(4)23-20(28)19-15(5)27(25-24-19)18-9-7-8-16-12-26(11-10-17(16)18)21(29)22-13(2)3/h7-9,13-14H,6,10-12H2,1-5H3,(H,22,29)(H,23,28)/t14-/m1/s1. The molecule has 156 valence electrons. The highest BCUT2D eigenvalue weighted by atomic mass is 16.2. The Morgan fingerprint density at radius 2 is 1.97 bits per heavy atom. The van der Waals surface area contributed by atoms with Gasteiger partial charge < -0.3 is 15.5 Å². The van der Waals surface area contributed by atoms with Crippen LogP contribution < -0.4 is 10.6 Å². The monoisotopic (exact) mass is 398 g/mol. The molecule has 0 aliphatic carbocycles. The van der Waals surface area contributed by atoms with E-state index < -0.39 is 0 Å². The lowest BCUT2D eigenvalue weighted by Gasteiger charge is -2.30. The zero-order valence-corrected chi connectivity index (χ0v) is 17.8. The number of benzene rings is 1. The fourth-order valence-corrected chi connectivity index (χ4v) is 3.46. The van der Waals surface area contributed by atoms with E-state index in [1.54, 1.807) is 4.68 Å². The highest BCUT2D eigenvalue weighted by Gasteiger charge is 2.25. The van der Waals surface area contributed by atoms with Gasteiger partial charge in [-0.15, -0.1) is 5.10 Å². The number of aromatic nitrogens is 3. The van der Waals surface area contributed by atoms with Crippen molar-refractivity contribution in [3.8, 4) is 5.69 Å². The number of carbonyl (C=O) groups is 2. The van der Waals surface area contributed by atoms with E-state index in [9.17, 15) is 9.59 Å². The molecule has 29 heavy (non-hydrogen) atoms. The summed E-state index contributed by atoms with van der Waals surface area (Å²) >= 11 is 0. The maximum absolute atomic E-state index is 12.5. The lowest BCUT2D eigenvalue weighted by atomic mass is 9.98. The molecule has 1 aromatic carbocycles. The summed E-state index contributed by atoms with van der Waals surface area (Å²) in [5.74, 6) is -0.204. The van der Waals surface area contributed by atoms with Crippen LogP contribution in [-0.4, -0.2) is 50.5 Å². The van der Waals surface area contributed by atoms with Crippen molar-refractivity contribution in [2.75, 3.05) is 6.54 Å². The molecule has 1 atom stereocenters. The van der Waals surface area contributed by atoms with Crippen molar-refractivity contribution in [2.24, 2.45) is 0 Å². The van der Waals surface area contributed by atoms with Crippen LogP contribution in [0.3, 0.4) is 0 Å². The second-order valence-electron chi connectivity index (χ2n) is 7.91. The number of hydrogen-bond acceptors (Lipinski definition) is 4. The lowest BCUT2D eigenvalue weighted by molar-refractivity contribution is 0.0933. The lowest BCUT2D eigenvalue weighted by Crippen LogP contribution is -2.45. The number of carbonyl (C=O) groups excluding carboxylic acids is 2. The second kappa shape index (κ2) is 8.63. The van der Waals surface area contributed by atoms with Crippen molar-refractivity contribution in [3.63, 3.8) is 0 Å². The van der Waals surface area contributed by atoms with Crippen LogP contribution in [-0.2, 0) is 13.0 Å². The van der Waals surface area contributed by atoms with Crippen LogP contribution in [0, 0.1) is 6.92 Å². The first-order valence-electron chi connectivity index (χ1n) is 10.2. The molecule has 0 unspecified atom stereocenters. The second-order valence-corrected chi connectivity index (χ2v) is 7.91. The van der Waals surface area contributed by atoms with Gasteiger partial charge in [0.15, 0.2) is 5.69 Å². The number of nitrogens with one attached hydrogen (secondary N) is 2. The van der Waals surface area contributed by atoms with E-state index >= 15 is 0 Å². The predicted octanol–water partition coefficient (Wildman–Crippen LogP) is 2.58. The molecule has 2 heterocycles. The zero-order chi connectivity index (χ0) is 21.1. The number of urea groups is 1. The van der Waals surface area contributed by atoms with Gasteiger partial charge in [-0.1, -0.05) is 24.3 Å². The van der Waals surface area contributed by atoms with E-state index in [2.05, 4.69) is 20.9 Å². The van der Waals surface area contributed by atoms with E-state index in [-0.39, 0.29) is 24.0 Å². The summed E-state index contributed by atoms with van der Waals surface area (Å²) in [6.45, 7) is 10.9. The largest absolute Gasteiger partial charge is 0.348 e. The van der Waals surface area contributed by atoms with Crippen LogP contribution in [0.25, 0.3) is 5.69 Å². The summed E-state index contributed by atoms with van der Waals surface area (Å²) in [6.07, 6.45) is 1.58. The van der Waals surface area contributed by atoms with Crippen molar-refractivity contribution in [2.45, 2.75) is 66.1 Å². The Bertz CT molecular complexity index is 905. The smallest absolute Gasteiger partial charge is 0.317 e. The normalized spacial score (nSPS) is 14.5. The molecule has 3 rings (SSSR count).